The summed E-state index contributed by atoms with van der Waals surface area (Å²) in [5.74, 6) is -1.96. The molecule has 0 radical (unpaired) electrons. The quantitative estimate of drug-likeness (QED) is 0.380. The number of nitrogens with zero attached hydrogens (tertiary/aromatic N) is 1. The van der Waals surface area contributed by atoms with Gasteiger partial charge in [-0.2, -0.15) is 17.9 Å². The molecular formula is C22H24F3IN2O4S. The highest BCUT2D eigenvalue weighted by atomic mass is 127. The molecule has 180 valence electrons. The summed E-state index contributed by atoms with van der Waals surface area (Å²) in [6.07, 6.45) is -5.85. The molecule has 1 amide bonds. The van der Waals surface area contributed by atoms with Crippen molar-refractivity contribution in [2.45, 2.75) is 53.1 Å². The Morgan fingerprint density at radius 1 is 1.12 bits per heavy atom. The number of carbonyl (C=O) groups is 1. The van der Waals surface area contributed by atoms with Crippen LogP contribution in [0.2, 0.25) is 0 Å². The Hall–Kier alpha value is -1.70. The molecule has 1 saturated heterocycles. The van der Waals surface area contributed by atoms with E-state index in [0.29, 0.717) is 18.4 Å². The van der Waals surface area contributed by atoms with Gasteiger partial charge >= 0.3 is 12.1 Å². The van der Waals surface area contributed by atoms with Gasteiger partial charge in [0.25, 0.3) is 0 Å². The number of hydrogen-bond acceptors (Lipinski definition) is 4. The Labute approximate surface area is 204 Å². The van der Waals surface area contributed by atoms with E-state index in [2.05, 4.69) is 27.3 Å². The second kappa shape index (κ2) is 10.7. The van der Waals surface area contributed by atoms with Gasteiger partial charge in [0.2, 0.25) is 10.0 Å². The third-order valence-electron chi connectivity index (χ3n) is 5.41. The number of sulfonamides is 1. The van der Waals surface area contributed by atoms with Crippen LogP contribution < -0.4 is 4.72 Å². The van der Waals surface area contributed by atoms with E-state index in [4.69, 9.17) is 4.74 Å². The van der Waals surface area contributed by atoms with Crippen molar-refractivity contribution in [3.05, 3.63) is 66.2 Å². The zero-order chi connectivity index (χ0) is 24.2. The minimum atomic E-state index is -5.04. The molecule has 1 N–H and O–H groups in total. The fraction of sp³-hybridized carbons (Fsp3) is 0.409. The summed E-state index contributed by atoms with van der Waals surface area (Å²) in [6.45, 7) is 1.21. The topological polar surface area (TPSA) is 75.7 Å². The first-order chi connectivity index (χ1) is 15.5. The van der Waals surface area contributed by atoms with Crippen molar-refractivity contribution in [2.75, 3.05) is 6.54 Å². The lowest BCUT2D eigenvalue weighted by Crippen LogP contribution is -2.52. The van der Waals surface area contributed by atoms with Crippen molar-refractivity contribution in [1.29, 1.82) is 0 Å². The Bertz CT molecular complexity index is 1040. The van der Waals surface area contributed by atoms with Gasteiger partial charge in [-0.25, -0.2) is 8.42 Å². The van der Waals surface area contributed by atoms with Crippen molar-refractivity contribution in [3.8, 4) is 0 Å². The Balaban J connectivity index is 1.78. The molecule has 0 spiro atoms. The van der Waals surface area contributed by atoms with Gasteiger partial charge in [-0.3, -0.25) is 4.79 Å². The maximum Gasteiger partial charge on any atom is 0.471 e. The second-order valence-electron chi connectivity index (χ2n) is 7.75. The number of hydrogen-bond donors (Lipinski definition) is 1. The highest BCUT2D eigenvalue weighted by molar-refractivity contribution is 14.1. The van der Waals surface area contributed by atoms with E-state index in [-0.39, 0.29) is 15.4 Å². The maximum atomic E-state index is 13.4. The zero-order valence-electron chi connectivity index (χ0n) is 17.7. The predicted octanol–water partition coefficient (Wildman–Crippen LogP) is 4.43. The maximum absolute atomic E-state index is 13.4. The first kappa shape index (κ1) is 25.9. The summed E-state index contributed by atoms with van der Waals surface area (Å²) in [4.78, 5) is 13.1. The summed E-state index contributed by atoms with van der Waals surface area (Å²) in [7, 11) is -3.88. The van der Waals surface area contributed by atoms with Gasteiger partial charge in [0, 0.05) is 6.54 Å². The van der Waals surface area contributed by atoms with Gasteiger partial charge in [0.05, 0.1) is 21.0 Å². The lowest BCUT2D eigenvalue weighted by Gasteiger charge is -2.38. The molecule has 3 rings (SSSR count). The van der Waals surface area contributed by atoms with Crippen LogP contribution >= 0.6 is 22.6 Å². The number of nitrogens with one attached hydrogen (secondary N) is 1. The number of halogens is 4. The van der Waals surface area contributed by atoms with Crippen molar-refractivity contribution < 1.29 is 31.1 Å². The average Bonchev–Trinajstić information content (AvgIpc) is 2.79. The van der Waals surface area contributed by atoms with Gasteiger partial charge < -0.3 is 9.64 Å². The third kappa shape index (κ3) is 6.67. The van der Waals surface area contributed by atoms with E-state index in [9.17, 15) is 26.4 Å². The first-order valence-corrected chi connectivity index (χ1v) is 13.0. The number of carbonyl (C=O) groups excluding carboxylic acids is 1. The van der Waals surface area contributed by atoms with Crippen LogP contribution in [0.4, 0.5) is 13.2 Å². The van der Waals surface area contributed by atoms with Crippen LogP contribution in [-0.2, 0) is 19.6 Å². The molecule has 0 saturated carbocycles. The number of rotatable bonds is 7. The molecule has 1 aliphatic heterocycles. The van der Waals surface area contributed by atoms with E-state index < -0.39 is 40.5 Å². The lowest BCUT2D eigenvalue weighted by molar-refractivity contribution is -0.190. The van der Waals surface area contributed by atoms with Gasteiger partial charge in [0.1, 0.15) is 6.23 Å². The minimum Gasteiger partial charge on any atom is -0.356 e. The molecule has 2 aromatic rings. The number of benzene rings is 2. The van der Waals surface area contributed by atoms with Crippen LogP contribution in [0.3, 0.4) is 0 Å². The van der Waals surface area contributed by atoms with Gasteiger partial charge in [-0.15, -0.1) is 0 Å². The van der Waals surface area contributed by atoms with Gasteiger partial charge in [0.15, 0.2) is 0 Å². The highest BCUT2D eigenvalue weighted by Gasteiger charge is 2.45. The van der Waals surface area contributed by atoms with Crippen LogP contribution in [0.25, 0.3) is 0 Å². The van der Waals surface area contributed by atoms with Crippen LogP contribution in [0.5, 0.6) is 0 Å². The smallest absolute Gasteiger partial charge is 0.356 e. The van der Waals surface area contributed by atoms with Gasteiger partial charge in [-0.1, -0.05) is 71.1 Å². The van der Waals surface area contributed by atoms with Crippen LogP contribution in [0.1, 0.15) is 31.4 Å². The second-order valence-corrected chi connectivity index (χ2v) is 11.1. The normalized spacial score (nSPS) is 22.5. The number of alkyl halides is 4. The molecule has 1 heterocycles. The Morgan fingerprint density at radius 2 is 1.70 bits per heavy atom. The minimum absolute atomic E-state index is 0.0610. The van der Waals surface area contributed by atoms with Crippen LogP contribution in [0.15, 0.2) is 65.6 Å². The first-order valence-electron chi connectivity index (χ1n) is 10.3. The molecule has 0 aromatic heterocycles. The van der Waals surface area contributed by atoms with E-state index in [1.54, 1.807) is 48.5 Å². The summed E-state index contributed by atoms with van der Waals surface area (Å²) < 4.78 is 73.6. The van der Waals surface area contributed by atoms with Gasteiger partial charge in [-0.05, 0) is 37.5 Å². The molecule has 4 atom stereocenters. The fourth-order valence-corrected chi connectivity index (χ4v) is 5.75. The highest BCUT2D eigenvalue weighted by Crippen LogP contribution is 2.31. The SMILES string of the molecule is C[C@H](c1ccccc1)N(C[C@@H]1CC[C@H](I)[C@@H](NS(=O)(=O)c2ccccc2)O1)C(=O)C(F)(F)F. The fourth-order valence-electron chi connectivity index (χ4n) is 3.62. The standard InChI is InChI=1S/C22H24F3IN2O4S/c1-15(16-8-4-2-5-9-16)28(21(29)22(23,24)25)14-17-12-13-19(26)20(32-17)27-33(30,31)18-10-6-3-7-11-18/h2-11,15,17,19-20,27H,12-14H2,1H3/t15-,17+,19+,20+/m1/s1. The van der Waals surface area contributed by atoms with E-state index in [0.717, 1.165) is 4.90 Å². The Morgan fingerprint density at radius 3 is 2.27 bits per heavy atom. The van der Waals surface area contributed by atoms with Crippen LogP contribution in [-0.4, -0.2) is 48.2 Å². The molecule has 0 unspecified atom stereocenters. The van der Waals surface area contributed by atoms with Crippen molar-refractivity contribution in [2.24, 2.45) is 0 Å². The van der Waals surface area contributed by atoms with Crippen LogP contribution in [0, 0.1) is 0 Å². The zero-order valence-corrected chi connectivity index (χ0v) is 20.7. The molecule has 33 heavy (non-hydrogen) atoms. The van der Waals surface area contributed by atoms with Crippen molar-refractivity contribution in [1.82, 2.24) is 9.62 Å². The molecule has 0 aliphatic carbocycles. The summed E-state index contributed by atoms with van der Waals surface area (Å²) in [5, 5.41) is 0. The van der Waals surface area contributed by atoms with E-state index >= 15 is 0 Å². The largest absolute Gasteiger partial charge is 0.471 e. The van der Waals surface area contributed by atoms with Crippen molar-refractivity contribution >= 4 is 38.5 Å². The Kier molecular flexibility index (Phi) is 8.40. The molecule has 6 nitrogen and oxygen atoms in total. The number of amides is 1. The summed E-state index contributed by atoms with van der Waals surface area (Å²) in [6, 6.07) is 15.3. The monoisotopic (exact) mass is 596 g/mol. The average molecular weight is 596 g/mol. The molecular weight excluding hydrogens is 572 g/mol. The third-order valence-corrected chi connectivity index (χ3v) is 8.12. The predicted molar refractivity (Wildman–Crippen MR) is 125 cm³/mol. The molecule has 2 aromatic carbocycles. The lowest BCUT2D eigenvalue weighted by atomic mass is 10.0. The number of ether oxygens (including phenoxy) is 1. The summed E-state index contributed by atoms with van der Waals surface area (Å²) >= 11 is 2.06. The molecule has 0 bridgehead atoms. The van der Waals surface area contributed by atoms with E-state index in [1.807, 2.05) is 0 Å². The summed E-state index contributed by atoms with van der Waals surface area (Å²) in [5.41, 5.74) is 0.555. The van der Waals surface area contributed by atoms with Crippen molar-refractivity contribution in [3.63, 3.8) is 0 Å². The molecule has 1 aliphatic rings. The molecule has 1 fully saturated rings. The molecule has 11 heteroatoms. The van der Waals surface area contributed by atoms with E-state index in [1.165, 1.54) is 19.1 Å².